The van der Waals surface area contributed by atoms with Crippen molar-refractivity contribution in [2.45, 2.75) is 51.5 Å². The average molecular weight is 384 g/mol. The van der Waals surface area contributed by atoms with Gasteiger partial charge in [0, 0.05) is 26.2 Å². The number of nitrogens with zero attached hydrogens (tertiary/aromatic N) is 1. The second-order valence-corrected chi connectivity index (χ2v) is 6.91. The number of methoxy groups -OCH3 is 1. The number of unbranched alkanes of at least 4 members (excludes halogenated alkanes) is 1. The van der Waals surface area contributed by atoms with E-state index in [9.17, 15) is 4.79 Å². The first kappa shape index (κ1) is 23.9. The molecule has 0 spiro atoms. The SMILES string of the molecule is CCCCN1CCC(NC(=O)C2(COC)CCNCC2)CC1.Cl.Cl. The van der Waals surface area contributed by atoms with Crippen LogP contribution >= 0.6 is 24.8 Å². The summed E-state index contributed by atoms with van der Waals surface area (Å²) in [5.41, 5.74) is -0.320. The highest BCUT2D eigenvalue weighted by atomic mass is 35.5. The first-order valence-corrected chi connectivity index (χ1v) is 8.93. The van der Waals surface area contributed by atoms with Crippen LogP contribution < -0.4 is 10.6 Å². The van der Waals surface area contributed by atoms with Gasteiger partial charge in [0.15, 0.2) is 0 Å². The van der Waals surface area contributed by atoms with Gasteiger partial charge in [-0.1, -0.05) is 13.3 Å². The smallest absolute Gasteiger partial charge is 0.228 e. The maximum atomic E-state index is 12.8. The van der Waals surface area contributed by atoms with Gasteiger partial charge in [-0.15, -0.1) is 24.8 Å². The number of carbonyl (C=O) groups excluding carboxylic acids is 1. The third kappa shape index (κ3) is 6.68. The van der Waals surface area contributed by atoms with Gasteiger partial charge in [-0.05, 0) is 51.7 Å². The molecule has 1 amide bonds. The predicted octanol–water partition coefficient (Wildman–Crippen LogP) is 2.23. The summed E-state index contributed by atoms with van der Waals surface area (Å²) in [5, 5.41) is 6.66. The second kappa shape index (κ2) is 12.3. The van der Waals surface area contributed by atoms with Crippen molar-refractivity contribution >= 4 is 30.7 Å². The molecule has 2 rings (SSSR count). The summed E-state index contributed by atoms with van der Waals surface area (Å²) in [6.45, 7) is 8.03. The predicted molar refractivity (Wildman–Crippen MR) is 103 cm³/mol. The van der Waals surface area contributed by atoms with Gasteiger partial charge in [0.05, 0.1) is 12.0 Å². The Morgan fingerprint density at radius 1 is 1.25 bits per heavy atom. The lowest BCUT2D eigenvalue weighted by Crippen LogP contribution is -2.54. The highest BCUT2D eigenvalue weighted by Gasteiger charge is 2.40. The topological polar surface area (TPSA) is 53.6 Å². The number of halogens is 2. The molecule has 24 heavy (non-hydrogen) atoms. The average Bonchev–Trinajstić information content (AvgIpc) is 2.55. The van der Waals surface area contributed by atoms with Gasteiger partial charge in [0.2, 0.25) is 5.91 Å². The van der Waals surface area contributed by atoms with Crippen molar-refractivity contribution < 1.29 is 9.53 Å². The van der Waals surface area contributed by atoms with Gasteiger partial charge in [0.25, 0.3) is 0 Å². The Bertz CT molecular complexity index is 339. The summed E-state index contributed by atoms with van der Waals surface area (Å²) in [7, 11) is 1.70. The number of rotatable bonds is 7. The molecule has 2 aliphatic heterocycles. The van der Waals surface area contributed by atoms with E-state index in [1.165, 1.54) is 19.4 Å². The van der Waals surface area contributed by atoms with Crippen LogP contribution in [0.1, 0.15) is 45.4 Å². The monoisotopic (exact) mass is 383 g/mol. The van der Waals surface area contributed by atoms with E-state index in [1.807, 2.05) is 0 Å². The van der Waals surface area contributed by atoms with E-state index in [0.29, 0.717) is 12.6 Å². The third-order valence-corrected chi connectivity index (χ3v) is 5.21. The fourth-order valence-corrected chi connectivity index (χ4v) is 3.64. The summed E-state index contributed by atoms with van der Waals surface area (Å²) in [4.78, 5) is 15.3. The fraction of sp³-hybridized carbons (Fsp3) is 0.941. The second-order valence-electron chi connectivity index (χ2n) is 6.91. The van der Waals surface area contributed by atoms with Gasteiger partial charge in [-0.2, -0.15) is 0 Å². The standard InChI is InChI=1S/C17H33N3O2.2ClH/c1-3-4-11-20-12-5-15(6-13-20)19-16(21)17(14-22-2)7-9-18-10-8-17;;/h15,18H,3-14H2,1-2H3,(H,19,21);2*1H. The van der Waals surface area contributed by atoms with Crippen LogP contribution in [0.15, 0.2) is 0 Å². The van der Waals surface area contributed by atoms with Crippen molar-refractivity contribution in [3.8, 4) is 0 Å². The van der Waals surface area contributed by atoms with Gasteiger partial charge in [0.1, 0.15) is 0 Å². The van der Waals surface area contributed by atoms with Crippen LogP contribution in [0.2, 0.25) is 0 Å². The zero-order valence-electron chi connectivity index (χ0n) is 15.1. The van der Waals surface area contributed by atoms with E-state index in [0.717, 1.165) is 51.9 Å². The lowest BCUT2D eigenvalue weighted by Gasteiger charge is -2.38. The van der Waals surface area contributed by atoms with Crippen molar-refractivity contribution in [1.29, 1.82) is 0 Å². The minimum atomic E-state index is -0.320. The summed E-state index contributed by atoms with van der Waals surface area (Å²) in [6, 6.07) is 0.342. The zero-order valence-corrected chi connectivity index (χ0v) is 16.8. The molecular formula is C17H35Cl2N3O2. The van der Waals surface area contributed by atoms with Crippen molar-refractivity contribution in [1.82, 2.24) is 15.5 Å². The van der Waals surface area contributed by atoms with Crippen LogP contribution in [-0.2, 0) is 9.53 Å². The maximum absolute atomic E-state index is 12.8. The molecule has 0 aromatic carbocycles. The summed E-state index contributed by atoms with van der Waals surface area (Å²) in [5.74, 6) is 0.211. The summed E-state index contributed by atoms with van der Waals surface area (Å²) < 4.78 is 5.36. The molecule has 0 aliphatic carbocycles. The number of ether oxygens (including phenoxy) is 1. The quantitative estimate of drug-likeness (QED) is 0.707. The summed E-state index contributed by atoms with van der Waals surface area (Å²) >= 11 is 0. The Hall–Kier alpha value is -0.0700. The molecule has 144 valence electrons. The molecule has 2 aliphatic rings. The highest BCUT2D eigenvalue weighted by molar-refractivity contribution is 5.85. The molecule has 0 bridgehead atoms. The first-order valence-electron chi connectivity index (χ1n) is 8.93. The lowest BCUT2D eigenvalue weighted by molar-refractivity contribution is -0.137. The molecule has 0 radical (unpaired) electrons. The number of nitrogens with one attached hydrogen (secondary N) is 2. The number of piperidine rings is 2. The Labute approximate surface area is 159 Å². The van der Waals surface area contributed by atoms with E-state index in [-0.39, 0.29) is 36.1 Å². The number of amides is 1. The largest absolute Gasteiger partial charge is 0.384 e. The van der Waals surface area contributed by atoms with Crippen LogP contribution in [0.25, 0.3) is 0 Å². The molecular weight excluding hydrogens is 349 g/mol. The van der Waals surface area contributed by atoms with Crippen LogP contribution in [0, 0.1) is 5.41 Å². The van der Waals surface area contributed by atoms with Crippen LogP contribution in [0.4, 0.5) is 0 Å². The maximum Gasteiger partial charge on any atom is 0.228 e. The van der Waals surface area contributed by atoms with Gasteiger partial charge < -0.3 is 20.3 Å². The highest BCUT2D eigenvalue weighted by Crippen LogP contribution is 2.30. The molecule has 0 aromatic heterocycles. The summed E-state index contributed by atoms with van der Waals surface area (Å²) in [6.07, 6.45) is 6.45. The molecule has 0 atom stereocenters. The minimum absolute atomic E-state index is 0. The van der Waals surface area contributed by atoms with Crippen molar-refractivity contribution in [3.05, 3.63) is 0 Å². The van der Waals surface area contributed by atoms with E-state index < -0.39 is 0 Å². The van der Waals surface area contributed by atoms with Crippen LogP contribution in [-0.4, -0.2) is 63.3 Å². The first-order chi connectivity index (χ1) is 10.7. The molecule has 0 aromatic rings. The van der Waals surface area contributed by atoms with E-state index >= 15 is 0 Å². The van der Waals surface area contributed by atoms with Gasteiger partial charge >= 0.3 is 0 Å². The Morgan fingerprint density at radius 2 is 1.88 bits per heavy atom. The van der Waals surface area contributed by atoms with E-state index in [2.05, 4.69) is 22.5 Å². The number of hydrogen-bond donors (Lipinski definition) is 2. The molecule has 2 heterocycles. The number of carbonyl (C=O) groups is 1. The molecule has 2 N–H and O–H groups in total. The van der Waals surface area contributed by atoms with Crippen molar-refractivity contribution in [2.75, 3.05) is 46.4 Å². The van der Waals surface area contributed by atoms with Crippen molar-refractivity contribution in [3.63, 3.8) is 0 Å². The lowest BCUT2D eigenvalue weighted by atomic mass is 9.78. The molecule has 7 heteroatoms. The molecule has 5 nitrogen and oxygen atoms in total. The zero-order chi connectivity index (χ0) is 15.8. The van der Waals surface area contributed by atoms with E-state index in [4.69, 9.17) is 4.74 Å². The van der Waals surface area contributed by atoms with Crippen LogP contribution in [0.3, 0.4) is 0 Å². The number of hydrogen-bond acceptors (Lipinski definition) is 4. The molecule has 0 unspecified atom stereocenters. The third-order valence-electron chi connectivity index (χ3n) is 5.21. The normalized spacial score (nSPS) is 21.4. The molecule has 2 saturated heterocycles. The fourth-order valence-electron chi connectivity index (χ4n) is 3.64. The van der Waals surface area contributed by atoms with Crippen LogP contribution in [0.5, 0.6) is 0 Å². The molecule has 2 fully saturated rings. The number of likely N-dealkylation sites (tertiary alicyclic amines) is 1. The Balaban J connectivity index is 0.00000264. The molecule has 0 saturated carbocycles. The Kier molecular flexibility index (Phi) is 12.3. The minimum Gasteiger partial charge on any atom is -0.384 e. The van der Waals surface area contributed by atoms with Gasteiger partial charge in [-0.3, -0.25) is 4.79 Å². The Morgan fingerprint density at radius 3 is 2.42 bits per heavy atom. The van der Waals surface area contributed by atoms with Crippen molar-refractivity contribution in [2.24, 2.45) is 5.41 Å². The van der Waals surface area contributed by atoms with E-state index in [1.54, 1.807) is 7.11 Å². The van der Waals surface area contributed by atoms with Gasteiger partial charge in [-0.25, -0.2) is 0 Å².